The predicted octanol–water partition coefficient (Wildman–Crippen LogP) is 8.86. The van der Waals surface area contributed by atoms with Crippen LogP contribution in [0.15, 0.2) is 72.9 Å². The van der Waals surface area contributed by atoms with Gasteiger partial charge in [-0.3, -0.25) is 4.79 Å². The monoisotopic (exact) mass is 708 g/mol. The molecule has 4 rings (SSSR count). The summed E-state index contributed by atoms with van der Waals surface area (Å²) >= 11 is 0. The number of benzene rings is 3. The first-order valence-electron chi connectivity index (χ1n) is 15.1. The van der Waals surface area contributed by atoms with Gasteiger partial charge >= 0.3 is 18.3 Å². The number of aliphatic carboxylic acids is 1. The fourth-order valence-electron chi connectivity index (χ4n) is 5.17. The van der Waals surface area contributed by atoms with Gasteiger partial charge in [-0.1, -0.05) is 26.0 Å². The Morgan fingerprint density at radius 3 is 2.22 bits per heavy atom. The number of carboxylic acid groups (broad SMARTS) is 1. The van der Waals surface area contributed by atoms with Crippen LogP contribution in [0, 0.1) is 11.3 Å². The second-order valence-corrected chi connectivity index (χ2v) is 11.6. The number of nitrogens with zero attached hydrogens (tertiary/aromatic N) is 3. The van der Waals surface area contributed by atoms with Crippen molar-refractivity contribution in [2.75, 3.05) is 18.6 Å². The van der Waals surface area contributed by atoms with E-state index in [9.17, 15) is 36.4 Å². The van der Waals surface area contributed by atoms with Gasteiger partial charge in [0.1, 0.15) is 17.3 Å². The summed E-state index contributed by atoms with van der Waals surface area (Å²) in [5, 5.41) is 18.3. The van der Waals surface area contributed by atoms with Crippen LogP contribution in [0.4, 0.5) is 32.2 Å². The average Bonchev–Trinajstić information content (AvgIpc) is 3.05. The molecule has 1 radical (unpaired) electrons. The third kappa shape index (κ3) is 10.6. The second-order valence-electron chi connectivity index (χ2n) is 11.6. The molecular weight excluding hydrogens is 675 g/mol. The van der Waals surface area contributed by atoms with Crippen LogP contribution in [0.3, 0.4) is 0 Å². The van der Waals surface area contributed by atoms with E-state index in [1.165, 1.54) is 42.5 Å². The maximum atomic E-state index is 14.0. The van der Waals surface area contributed by atoms with Crippen molar-refractivity contribution in [3.05, 3.63) is 106 Å². The van der Waals surface area contributed by atoms with E-state index >= 15 is 0 Å². The van der Waals surface area contributed by atoms with Gasteiger partial charge in [0.15, 0.2) is 0 Å². The molecule has 0 saturated carbocycles. The molecule has 0 atom stereocenters. The maximum Gasteiger partial charge on any atom is 0.416 e. The molecular formula is C36H33F6N3NaO4. The molecule has 0 fully saturated rings. The zero-order valence-corrected chi connectivity index (χ0v) is 29.8. The molecule has 1 aromatic heterocycles. The van der Waals surface area contributed by atoms with Gasteiger partial charge in [0.2, 0.25) is 0 Å². The summed E-state index contributed by atoms with van der Waals surface area (Å²) in [4.78, 5) is 16.7. The first-order valence-corrected chi connectivity index (χ1v) is 15.1. The molecule has 0 amide bonds. The Morgan fingerprint density at radius 2 is 1.64 bits per heavy atom. The standard InChI is InChI=1S/C36H33F6N3O4.Na/c1-22(2)25-6-10-32(48-3)31(17-25)30-9-7-27(35(37,38)39)16-26(30)21-45(20-24-13-23(18-43)14-28(15-24)36(40,41)42)33-11-8-29(19-44-33)49-12-4-5-34(46)47;/h6-11,13-17,19,22H,4-5,12,20-21H2,1-3H3,(H,46,47);. The van der Waals surface area contributed by atoms with Gasteiger partial charge in [-0.05, 0) is 89.2 Å². The van der Waals surface area contributed by atoms with E-state index in [0.29, 0.717) is 16.9 Å². The number of pyridine rings is 1. The number of carbonyl (C=O) groups is 1. The van der Waals surface area contributed by atoms with Crippen LogP contribution < -0.4 is 14.4 Å². The Balaban J connectivity index is 0.00000676. The van der Waals surface area contributed by atoms with Gasteiger partial charge in [0, 0.05) is 54.6 Å². The van der Waals surface area contributed by atoms with Crippen molar-refractivity contribution in [2.24, 2.45) is 0 Å². The van der Waals surface area contributed by atoms with Gasteiger partial charge in [0.05, 0.1) is 42.7 Å². The van der Waals surface area contributed by atoms with Crippen LogP contribution in [-0.4, -0.2) is 59.3 Å². The largest absolute Gasteiger partial charge is 0.496 e. The Bertz CT molecular complexity index is 1820. The quantitative estimate of drug-likeness (QED) is 0.0843. The molecule has 0 aliphatic heterocycles. The third-order valence-electron chi connectivity index (χ3n) is 7.65. The first-order chi connectivity index (χ1) is 23.1. The van der Waals surface area contributed by atoms with Crippen molar-refractivity contribution >= 4 is 41.3 Å². The van der Waals surface area contributed by atoms with Gasteiger partial charge in [-0.25, -0.2) is 4.98 Å². The van der Waals surface area contributed by atoms with Crippen LogP contribution in [0.2, 0.25) is 0 Å². The van der Waals surface area contributed by atoms with E-state index in [0.717, 1.165) is 29.8 Å². The summed E-state index contributed by atoms with van der Waals surface area (Å²) in [6.07, 6.45) is -7.98. The Hall–Kier alpha value is -4.25. The van der Waals surface area contributed by atoms with Gasteiger partial charge in [-0.15, -0.1) is 0 Å². The van der Waals surface area contributed by atoms with Crippen LogP contribution >= 0.6 is 0 Å². The van der Waals surface area contributed by atoms with Crippen LogP contribution in [0.1, 0.15) is 66.0 Å². The van der Waals surface area contributed by atoms with Crippen molar-refractivity contribution in [3.63, 3.8) is 0 Å². The summed E-state index contributed by atoms with van der Waals surface area (Å²) in [5.74, 6) is -0.00117. The molecule has 0 aliphatic rings. The zero-order chi connectivity index (χ0) is 35.9. The van der Waals surface area contributed by atoms with Crippen LogP contribution in [0.25, 0.3) is 11.1 Å². The van der Waals surface area contributed by atoms with E-state index in [4.69, 9.17) is 14.6 Å². The summed E-state index contributed by atoms with van der Waals surface area (Å²) in [5.41, 5.74) is -0.0836. The summed E-state index contributed by atoms with van der Waals surface area (Å²) in [7, 11) is 1.44. The number of aromatic nitrogens is 1. The van der Waals surface area contributed by atoms with Crippen LogP contribution in [-0.2, 0) is 30.2 Å². The molecule has 3 aromatic carbocycles. The fraction of sp³-hybridized carbons (Fsp3) is 0.306. The molecule has 1 heterocycles. The molecule has 0 spiro atoms. The molecule has 0 aliphatic carbocycles. The minimum Gasteiger partial charge on any atom is -0.496 e. The van der Waals surface area contributed by atoms with E-state index < -0.39 is 29.4 Å². The summed E-state index contributed by atoms with van der Waals surface area (Å²) < 4.78 is 94.6. The number of halogens is 6. The number of anilines is 1. The molecule has 0 bridgehead atoms. The smallest absolute Gasteiger partial charge is 0.416 e. The number of hydrogen-bond donors (Lipinski definition) is 1. The van der Waals surface area contributed by atoms with E-state index in [-0.39, 0.29) is 96.3 Å². The molecule has 14 heteroatoms. The molecule has 4 aromatic rings. The second kappa shape index (κ2) is 17.1. The minimum atomic E-state index is -4.75. The topological polar surface area (TPSA) is 95.7 Å². The first kappa shape index (κ1) is 40.2. The van der Waals surface area contributed by atoms with E-state index in [1.54, 1.807) is 12.1 Å². The van der Waals surface area contributed by atoms with Gasteiger partial charge < -0.3 is 19.5 Å². The zero-order valence-electron chi connectivity index (χ0n) is 27.8. The molecule has 50 heavy (non-hydrogen) atoms. The van der Waals surface area contributed by atoms with Gasteiger partial charge in [0.25, 0.3) is 0 Å². The number of alkyl halides is 6. The number of hydrogen-bond acceptors (Lipinski definition) is 6. The predicted molar refractivity (Wildman–Crippen MR) is 176 cm³/mol. The Labute approximate surface area is 307 Å². The molecule has 259 valence electrons. The number of ether oxygens (including phenoxy) is 2. The molecule has 7 nitrogen and oxygen atoms in total. The van der Waals surface area contributed by atoms with Crippen molar-refractivity contribution in [1.82, 2.24) is 4.98 Å². The number of rotatable bonds is 13. The maximum absolute atomic E-state index is 14.0. The normalized spacial score (nSPS) is 11.5. The summed E-state index contributed by atoms with van der Waals surface area (Å²) in [6.45, 7) is 3.53. The number of methoxy groups -OCH3 is 1. The number of nitriles is 1. The average molecular weight is 709 g/mol. The van der Waals surface area contributed by atoms with Crippen LogP contribution in [0.5, 0.6) is 11.5 Å². The Morgan fingerprint density at radius 1 is 0.920 bits per heavy atom. The molecule has 0 unspecified atom stereocenters. The minimum absolute atomic E-state index is 0. The third-order valence-corrected chi connectivity index (χ3v) is 7.65. The fourth-order valence-corrected chi connectivity index (χ4v) is 5.17. The van der Waals surface area contributed by atoms with E-state index in [1.807, 2.05) is 26.0 Å². The van der Waals surface area contributed by atoms with Crippen molar-refractivity contribution in [2.45, 2.75) is 58.0 Å². The molecule has 1 N–H and O–H groups in total. The van der Waals surface area contributed by atoms with Crippen molar-refractivity contribution in [1.29, 1.82) is 5.26 Å². The van der Waals surface area contributed by atoms with Crippen molar-refractivity contribution in [3.8, 4) is 28.7 Å². The SMILES string of the molecule is COc1ccc(C(C)C)cc1-c1ccc(C(F)(F)F)cc1CN(Cc1cc(C#N)cc(C(F)(F)F)c1)c1ccc(OCCCC(=O)O)cn1.[Na]. The van der Waals surface area contributed by atoms with Crippen molar-refractivity contribution < 1.29 is 45.7 Å². The Kier molecular flexibility index (Phi) is 13.8. The van der Waals surface area contributed by atoms with E-state index in [2.05, 4.69) is 4.98 Å². The molecule has 0 saturated heterocycles. The van der Waals surface area contributed by atoms with Gasteiger partial charge in [-0.2, -0.15) is 31.6 Å². The number of carboxylic acids is 1. The summed E-state index contributed by atoms with van der Waals surface area (Å²) in [6, 6.07) is 16.4.